The van der Waals surface area contributed by atoms with Crippen LogP contribution in [-0.2, 0) is 9.53 Å². The van der Waals surface area contributed by atoms with E-state index in [0.717, 1.165) is 22.6 Å². The van der Waals surface area contributed by atoms with E-state index in [2.05, 4.69) is 10.1 Å². The topological polar surface area (TPSA) is 107 Å². The van der Waals surface area contributed by atoms with Crippen molar-refractivity contribution in [1.82, 2.24) is 19.7 Å². The second-order valence-corrected chi connectivity index (χ2v) is 8.10. The van der Waals surface area contributed by atoms with E-state index >= 15 is 0 Å². The van der Waals surface area contributed by atoms with Gasteiger partial charge in [-0.05, 0) is 23.8 Å². The Bertz CT molecular complexity index is 1270. The molecule has 1 aromatic carbocycles. The van der Waals surface area contributed by atoms with Crippen molar-refractivity contribution in [3.63, 3.8) is 0 Å². The number of ether oxygens (including phenoxy) is 1. The summed E-state index contributed by atoms with van der Waals surface area (Å²) in [6.07, 6.45) is 3.12. The molecule has 3 aliphatic rings. The first-order valence-corrected chi connectivity index (χ1v) is 10.3. The van der Waals surface area contributed by atoms with Crippen LogP contribution < -0.4 is 25.8 Å². The van der Waals surface area contributed by atoms with E-state index in [1.54, 1.807) is 11.0 Å². The molecule has 1 aromatic rings. The van der Waals surface area contributed by atoms with Crippen LogP contribution in [0.5, 0.6) is 0 Å². The van der Waals surface area contributed by atoms with Gasteiger partial charge in [0.25, 0.3) is 5.56 Å². The van der Waals surface area contributed by atoms with Gasteiger partial charge in [0.1, 0.15) is 4.66 Å². The summed E-state index contributed by atoms with van der Waals surface area (Å²) in [5.74, 6) is -0.136. The van der Waals surface area contributed by atoms with E-state index in [-0.39, 0.29) is 16.6 Å². The van der Waals surface area contributed by atoms with Gasteiger partial charge in [-0.3, -0.25) is 20.1 Å². The maximum atomic E-state index is 12.5. The number of carbonyl (C=O) groups excluding carboxylic acids is 1. The first-order valence-electron chi connectivity index (χ1n) is 9.46. The standard InChI is InChI=1S/C20H22N6O3S/c1-24(2)14-5-3-13(4-6-14)11-15-18(21)26-20(22-19(15)28)30-16(23-26)12-17(27)25-7-9-29-10-8-25/h3-6,11-12,21,23H,7-10H2,1-2H3/b15-11+,16-12+,21-18?. The van der Waals surface area contributed by atoms with Crippen LogP contribution in [0.15, 0.2) is 29.1 Å². The highest BCUT2D eigenvalue weighted by atomic mass is 32.1. The molecule has 0 aromatic heterocycles. The number of nitrogens with one attached hydrogen (secondary N) is 2. The molecule has 0 atom stereocenters. The molecule has 3 aliphatic heterocycles. The highest BCUT2D eigenvalue weighted by Gasteiger charge is 2.16. The Morgan fingerprint density at radius 1 is 1.27 bits per heavy atom. The largest absolute Gasteiger partial charge is 0.378 e. The van der Waals surface area contributed by atoms with Crippen LogP contribution in [0.1, 0.15) is 5.56 Å². The van der Waals surface area contributed by atoms with Crippen molar-refractivity contribution in [2.75, 3.05) is 45.3 Å². The molecule has 1 fully saturated rings. The van der Waals surface area contributed by atoms with Crippen molar-refractivity contribution in [2.24, 2.45) is 0 Å². The number of nitrogens with zero attached hydrogens (tertiary/aromatic N) is 4. The monoisotopic (exact) mass is 426 g/mol. The smallest absolute Gasteiger partial charge is 0.283 e. The van der Waals surface area contributed by atoms with E-state index in [1.807, 2.05) is 43.3 Å². The number of hydrogen-bond donors (Lipinski definition) is 2. The quantitative estimate of drug-likeness (QED) is 0.563. The molecule has 1 saturated heterocycles. The second kappa shape index (κ2) is 8.25. The average molecular weight is 427 g/mol. The number of benzene rings is 1. The van der Waals surface area contributed by atoms with Crippen LogP contribution in [0.4, 0.5) is 5.69 Å². The third-order valence-electron chi connectivity index (χ3n) is 4.82. The van der Waals surface area contributed by atoms with Gasteiger partial charge in [-0.15, -0.1) is 0 Å². The van der Waals surface area contributed by atoms with Crippen molar-refractivity contribution in [1.29, 1.82) is 5.41 Å². The summed E-state index contributed by atoms with van der Waals surface area (Å²) in [6, 6.07) is 7.67. The molecule has 0 unspecified atom stereocenters. The predicted molar refractivity (Wildman–Crippen MR) is 115 cm³/mol. The molecule has 2 N–H and O–H groups in total. The molecule has 0 spiro atoms. The summed E-state index contributed by atoms with van der Waals surface area (Å²) in [6.45, 7) is 2.14. The Hall–Kier alpha value is -3.24. The summed E-state index contributed by atoms with van der Waals surface area (Å²) < 4.78 is 7.21. The summed E-state index contributed by atoms with van der Waals surface area (Å²) in [4.78, 5) is 32.7. The van der Waals surface area contributed by atoms with Crippen LogP contribution >= 0.6 is 11.3 Å². The van der Waals surface area contributed by atoms with Gasteiger partial charge in [-0.25, -0.2) is 4.68 Å². The molecule has 1 amide bonds. The van der Waals surface area contributed by atoms with Gasteiger partial charge in [0, 0.05) is 38.9 Å². The molecule has 30 heavy (non-hydrogen) atoms. The molecule has 0 saturated carbocycles. The van der Waals surface area contributed by atoms with E-state index < -0.39 is 5.56 Å². The lowest BCUT2D eigenvalue weighted by Crippen LogP contribution is -2.47. The number of aromatic nitrogens is 3. The molecular formula is C20H22N6O3S. The minimum Gasteiger partial charge on any atom is -0.378 e. The summed E-state index contributed by atoms with van der Waals surface area (Å²) in [5.41, 5.74) is 1.37. The lowest BCUT2D eigenvalue weighted by Gasteiger charge is -2.25. The summed E-state index contributed by atoms with van der Waals surface area (Å²) >= 11 is 1.16. The zero-order valence-electron chi connectivity index (χ0n) is 16.7. The van der Waals surface area contributed by atoms with Crippen LogP contribution in [0.25, 0.3) is 17.3 Å². The van der Waals surface area contributed by atoms with Gasteiger partial charge in [-0.2, -0.15) is 4.98 Å². The van der Waals surface area contributed by atoms with Gasteiger partial charge >= 0.3 is 0 Å². The van der Waals surface area contributed by atoms with E-state index in [0.29, 0.717) is 36.1 Å². The van der Waals surface area contributed by atoms with Crippen LogP contribution in [0, 0.1) is 5.41 Å². The zero-order valence-corrected chi connectivity index (χ0v) is 17.5. The third kappa shape index (κ3) is 4.05. The molecule has 4 rings (SSSR count). The van der Waals surface area contributed by atoms with E-state index in [4.69, 9.17) is 10.1 Å². The fourth-order valence-corrected chi connectivity index (χ4v) is 3.98. The average Bonchev–Trinajstić information content (AvgIpc) is 3.14. The van der Waals surface area contributed by atoms with E-state index in [9.17, 15) is 9.59 Å². The highest BCUT2D eigenvalue weighted by Crippen LogP contribution is 2.12. The first-order chi connectivity index (χ1) is 14.4. The van der Waals surface area contributed by atoms with E-state index in [1.165, 1.54) is 10.8 Å². The Labute approximate surface area is 176 Å². The Morgan fingerprint density at radius 3 is 2.63 bits per heavy atom. The number of aromatic amines is 1. The maximum Gasteiger partial charge on any atom is 0.283 e. The fraction of sp³-hybridized carbons (Fsp3) is 0.300. The molecule has 156 valence electrons. The molecule has 0 aliphatic carbocycles. The van der Waals surface area contributed by atoms with Crippen molar-refractivity contribution in [3.8, 4) is 5.13 Å². The van der Waals surface area contributed by atoms with Crippen LogP contribution in [0.3, 0.4) is 0 Å². The number of carbonyl (C=O) groups is 1. The number of rotatable bonds is 3. The van der Waals surface area contributed by atoms with Gasteiger partial charge in [0.05, 0.1) is 18.4 Å². The van der Waals surface area contributed by atoms with Gasteiger partial charge in [0.15, 0.2) is 5.49 Å². The Morgan fingerprint density at radius 2 is 1.97 bits per heavy atom. The number of morpholine rings is 1. The zero-order chi connectivity index (χ0) is 21.3. The van der Waals surface area contributed by atoms with Crippen molar-refractivity contribution in [2.45, 2.75) is 0 Å². The lowest BCUT2D eigenvalue weighted by atomic mass is 10.1. The SMILES string of the molecule is CN(C)c1ccc(/C=c2/c(=O)nc3s/c(=C/C(=O)N4CCOCC4)[nH]n-3c2=N)cc1. The third-order valence-corrected chi connectivity index (χ3v) is 5.70. The van der Waals surface area contributed by atoms with Crippen molar-refractivity contribution >= 4 is 35.1 Å². The maximum absolute atomic E-state index is 12.5. The molecule has 9 nitrogen and oxygen atoms in total. The first kappa shape index (κ1) is 20.0. The van der Waals surface area contributed by atoms with Gasteiger partial charge < -0.3 is 14.5 Å². The lowest BCUT2D eigenvalue weighted by molar-refractivity contribution is -0.128. The molecule has 3 heterocycles. The number of anilines is 1. The normalized spacial score (nSPS) is 15.7. The molecule has 0 bridgehead atoms. The highest BCUT2D eigenvalue weighted by molar-refractivity contribution is 7.11. The van der Waals surface area contributed by atoms with Crippen molar-refractivity contribution in [3.05, 3.63) is 55.6 Å². The minimum atomic E-state index is -0.474. The number of amides is 1. The van der Waals surface area contributed by atoms with Crippen LogP contribution in [-0.4, -0.2) is 66.0 Å². The van der Waals surface area contributed by atoms with Crippen molar-refractivity contribution < 1.29 is 9.53 Å². The summed E-state index contributed by atoms with van der Waals surface area (Å²) in [7, 11) is 3.91. The minimum absolute atomic E-state index is 0.00333. The number of H-pyrrole nitrogens is 1. The summed E-state index contributed by atoms with van der Waals surface area (Å²) in [5, 5.41) is 12.0. The predicted octanol–water partition coefficient (Wildman–Crippen LogP) is -0.927. The number of hydrogen-bond acceptors (Lipinski definition) is 7. The Kier molecular flexibility index (Phi) is 5.51. The molecule has 10 heteroatoms. The second-order valence-electron chi connectivity index (χ2n) is 7.09. The molecular weight excluding hydrogens is 404 g/mol. The molecule has 0 radical (unpaired) electrons. The van der Waals surface area contributed by atoms with Gasteiger partial charge in [-0.1, -0.05) is 23.5 Å². The van der Waals surface area contributed by atoms with Gasteiger partial charge in [0.2, 0.25) is 11.0 Å². The number of fused-ring (bicyclic) bond motifs is 1. The fourth-order valence-electron chi connectivity index (χ4n) is 3.13. The Balaban J connectivity index is 1.74. The van der Waals surface area contributed by atoms with Crippen LogP contribution in [0.2, 0.25) is 0 Å².